The molecule has 1 N–H and O–H groups in total. The van der Waals surface area contributed by atoms with Gasteiger partial charge in [-0.1, -0.05) is 12.1 Å². The zero-order chi connectivity index (χ0) is 15.4. The third kappa shape index (κ3) is 3.45. The zero-order valence-electron chi connectivity index (χ0n) is 11.2. The second-order valence-electron chi connectivity index (χ2n) is 4.27. The molecule has 0 aliphatic heterocycles. The quantitative estimate of drug-likeness (QED) is 0.658. The number of rotatable bonds is 5. The predicted molar refractivity (Wildman–Crippen MR) is 71.2 cm³/mol. The first-order chi connectivity index (χ1) is 10.0. The highest BCUT2D eigenvalue weighted by Crippen LogP contribution is 2.24. The van der Waals surface area contributed by atoms with E-state index in [1.54, 1.807) is 24.3 Å². The van der Waals surface area contributed by atoms with Gasteiger partial charge in [0.2, 0.25) is 0 Å². The van der Waals surface area contributed by atoms with Crippen LogP contribution in [0.1, 0.15) is 12.5 Å². The maximum atomic E-state index is 13.4. The molecule has 0 aromatic heterocycles. The normalized spacial score (nSPS) is 10.5. The summed E-state index contributed by atoms with van der Waals surface area (Å²) in [4.78, 5) is 0. The van der Waals surface area contributed by atoms with Crippen LogP contribution in [-0.2, 0) is 6.54 Å². The van der Waals surface area contributed by atoms with Crippen LogP contribution in [0.3, 0.4) is 0 Å². The number of hydrogen-bond acceptors (Lipinski definition) is 2. The van der Waals surface area contributed by atoms with E-state index in [9.17, 15) is 17.6 Å². The summed E-state index contributed by atoms with van der Waals surface area (Å²) in [6, 6.07) is 6.93. The van der Waals surface area contributed by atoms with E-state index in [4.69, 9.17) is 4.74 Å². The molecular formula is C15H13F4NO. The van der Waals surface area contributed by atoms with E-state index < -0.39 is 29.0 Å². The Bertz CT molecular complexity index is 602. The van der Waals surface area contributed by atoms with Crippen LogP contribution in [0.5, 0.6) is 5.75 Å². The van der Waals surface area contributed by atoms with Gasteiger partial charge in [-0.25, -0.2) is 17.6 Å². The van der Waals surface area contributed by atoms with Crippen LogP contribution in [0, 0.1) is 23.3 Å². The average molecular weight is 299 g/mol. The van der Waals surface area contributed by atoms with Gasteiger partial charge in [0.05, 0.1) is 6.61 Å². The Kier molecular flexibility index (Phi) is 4.67. The fraction of sp³-hybridized carbons (Fsp3) is 0.200. The smallest absolute Gasteiger partial charge is 0.185 e. The topological polar surface area (TPSA) is 21.3 Å². The van der Waals surface area contributed by atoms with Crippen LogP contribution < -0.4 is 10.1 Å². The minimum absolute atomic E-state index is 0.0170. The second kappa shape index (κ2) is 6.47. The van der Waals surface area contributed by atoms with Crippen LogP contribution in [-0.4, -0.2) is 6.61 Å². The van der Waals surface area contributed by atoms with Crippen molar-refractivity contribution in [1.82, 2.24) is 0 Å². The molecule has 0 bridgehead atoms. The predicted octanol–water partition coefficient (Wildman–Crippen LogP) is 4.25. The summed E-state index contributed by atoms with van der Waals surface area (Å²) >= 11 is 0. The third-order valence-corrected chi connectivity index (χ3v) is 2.82. The maximum Gasteiger partial charge on any atom is 0.185 e. The Labute approximate surface area is 119 Å². The molecule has 0 radical (unpaired) electrons. The standard InChI is InChI=1S/C15H13F4NO/c1-2-21-10-5-3-9(4-6-10)8-20-15-13(18)11(16)7-12(17)14(15)19/h3-7,20H,2,8H2,1H3. The molecule has 0 aliphatic rings. The molecule has 2 rings (SSSR count). The van der Waals surface area contributed by atoms with Crippen molar-refractivity contribution in [3.63, 3.8) is 0 Å². The lowest BCUT2D eigenvalue weighted by Gasteiger charge is -2.10. The molecule has 2 nitrogen and oxygen atoms in total. The first kappa shape index (κ1) is 15.2. The zero-order valence-corrected chi connectivity index (χ0v) is 11.2. The van der Waals surface area contributed by atoms with Crippen LogP contribution in [0.2, 0.25) is 0 Å². The van der Waals surface area contributed by atoms with Crippen molar-refractivity contribution in [3.8, 4) is 5.75 Å². The lowest BCUT2D eigenvalue weighted by molar-refractivity contribution is 0.340. The van der Waals surface area contributed by atoms with Gasteiger partial charge in [-0.15, -0.1) is 0 Å². The number of anilines is 1. The van der Waals surface area contributed by atoms with Crippen LogP contribution in [0.4, 0.5) is 23.2 Å². The SMILES string of the molecule is CCOc1ccc(CNc2c(F)c(F)cc(F)c2F)cc1. The molecule has 2 aromatic carbocycles. The van der Waals surface area contributed by atoms with Crippen molar-refractivity contribution in [2.45, 2.75) is 13.5 Å². The molecular weight excluding hydrogens is 286 g/mol. The van der Waals surface area contributed by atoms with E-state index in [1.807, 2.05) is 6.92 Å². The molecule has 0 saturated carbocycles. The summed E-state index contributed by atoms with van der Waals surface area (Å²) in [6.45, 7) is 2.39. The highest BCUT2D eigenvalue weighted by Gasteiger charge is 2.18. The summed E-state index contributed by atoms with van der Waals surface area (Å²) in [5.74, 6) is -5.11. The van der Waals surface area contributed by atoms with E-state index >= 15 is 0 Å². The van der Waals surface area contributed by atoms with E-state index in [2.05, 4.69) is 5.32 Å². The number of hydrogen-bond donors (Lipinski definition) is 1. The van der Waals surface area contributed by atoms with Gasteiger partial charge in [0.15, 0.2) is 23.3 Å². The van der Waals surface area contributed by atoms with Gasteiger partial charge in [-0.2, -0.15) is 0 Å². The van der Waals surface area contributed by atoms with E-state index in [0.717, 1.165) is 0 Å². The van der Waals surface area contributed by atoms with Gasteiger partial charge >= 0.3 is 0 Å². The fourth-order valence-corrected chi connectivity index (χ4v) is 1.79. The molecule has 2 aromatic rings. The molecule has 0 spiro atoms. The second-order valence-corrected chi connectivity index (χ2v) is 4.27. The molecule has 21 heavy (non-hydrogen) atoms. The molecule has 0 atom stereocenters. The highest BCUT2D eigenvalue weighted by atomic mass is 19.2. The molecule has 0 saturated heterocycles. The Morgan fingerprint density at radius 3 is 2.05 bits per heavy atom. The Balaban J connectivity index is 2.13. The molecule has 6 heteroatoms. The van der Waals surface area contributed by atoms with Crippen molar-refractivity contribution in [2.75, 3.05) is 11.9 Å². The van der Waals surface area contributed by atoms with Gasteiger partial charge in [0, 0.05) is 12.6 Å². The van der Waals surface area contributed by atoms with E-state index in [0.29, 0.717) is 17.9 Å². The fourth-order valence-electron chi connectivity index (χ4n) is 1.79. The third-order valence-electron chi connectivity index (χ3n) is 2.82. The summed E-state index contributed by atoms with van der Waals surface area (Å²) in [7, 11) is 0. The number of benzene rings is 2. The average Bonchev–Trinajstić information content (AvgIpc) is 2.47. The van der Waals surface area contributed by atoms with Crippen molar-refractivity contribution in [2.24, 2.45) is 0 Å². The van der Waals surface area contributed by atoms with Crippen LogP contribution in [0.15, 0.2) is 30.3 Å². The maximum absolute atomic E-state index is 13.4. The molecule has 0 fully saturated rings. The minimum atomic E-state index is -1.44. The minimum Gasteiger partial charge on any atom is -0.494 e. The number of nitrogens with one attached hydrogen (secondary N) is 1. The van der Waals surface area contributed by atoms with Gasteiger partial charge in [-0.3, -0.25) is 0 Å². The lowest BCUT2D eigenvalue weighted by Crippen LogP contribution is -2.07. The molecule has 0 unspecified atom stereocenters. The summed E-state index contributed by atoms with van der Waals surface area (Å²) < 4.78 is 58.2. The molecule has 0 heterocycles. The molecule has 0 aliphatic carbocycles. The Hall–Kier alpha value is -2.24. The van der Waals surface area contributed by atoms with Gasteiger partial charge in [0.1, 0.15) is 11.4 Å². The van der Waals surface area contributed by atoms with Crippen LogP contribution >= 0.6 is 0 Å². The monoisotopic (exact) mass is 299 g/mol. The largest absolute Gasteiger partial charge is 0.494 e. The number of halogens is 4. The van der Waals surface area contributed by atoms with Gasteiger partial charge in [0.25, 0.3) is 0 Å². The van der Waals surface area contributed by atoms with Gasteiger partial charge in [-0.05, 0) is 24.6 Å². The van der Waals surface area contributed by atoms with Crippen molar-refractivity contribution >= 4 is 5.69 Å². The van der Waals surface area contributed by atoms with E-state index in [-0.39, 0.29) is 12.6 Å². The number of ether oxygens (including phenoxy) is 1. The first-order valence-corrected chi connectivity index (χ1v) is 6.31. The summed E-state index contributed by atoms with van der Waals surface area (Å²) in [6.07, 6.45) is 0. The van der Waals surface area contributed by atoms with Crippen molar-refractivity contribution < 1.29 is 22.3 Å². The molecule has 0 amide bonds. The van der Waals surface area contributed by atoms with E-state index in [1.165, 1.54) is 0 Å². The Morgan fingerprint density at radius 2 is 1.52 bits per heavy atom. The van der Waals surface area contributed by atoms with Crippen molar-refractivity contribution in [3.05, 3.63) is 59.2 Å². The lowest BCUT2D eigenvalue weighted by atomic mass is 10.2. The highest BCUT2D eigenvalue weighted by molar-refractivity contribution is 5.48. The first-order valence-electron chi connectivity index (χ1n) is 6.31. The Morgan fingerprint density at radius 1 is 0.952 bits per heavy atom. The summed E-state index contributed by atoms with van der Waals surface area (Å²) in [5, 5.41) is 2.36. The van der Waals surface area contributed by atoms with Crippen molar-refractivity contribution in [1.29, 1.82) is 0 Å². The van der Waals surface area contributed by atoms with Gasteiger partial charge < -0.3 is 10.1 Å². The summed E-state index contributed by atoms with van der Waals surface area (Å²) in [5.41, 5.74) is -0.136. The van der Waals surface area contributed by atoms with Crippen LogP contribution in [0.25, 0.3) is 0 Å². The molecule has 112 valence electrons.